The van der Waals surface area contributed by atoms with Gasteiger partial charge in [0.2, 0.25) is 0 Å². The number of aliphatic hydroxyl groups excluding tert-OH is 1. The van der Waals surface area contributed by atoms with Gasteiger partial charge < -0.3 is 29.7 Å². The molecule has 5 unspecified atom stereocenters. The van der Waals surface area contributed by atoms with Crippen molar-refractivity contribution < 1.29 is 38.8 Å². The lowest BCUT2D eigenvalue weighted by molar-refractivity contribution is -0.268. The molecule has 1 fully saturated rings. The molecule has 5 atom stereocenters. The number of carboxylic acid groups (broad SMARTS) is 1. The number of aromatic carboxylic acids is 1. The minimum Gasteiger partial charge on any atom is -0.478 e. The second-order valence-electron chi connectivity index (χ2n) is 10.1. The fourth-order valence-electron chi connectivity index (χ4n) is 4.68. The van der Waals surface area contributed by atoms with Gasteiger partial charge in [0.15, 0.2) is 12.4 Å². The van der Waals surface area contributed by atoms with Gasteiger partial charge in [-0.2, -0.15) is 0 Å². The smallest absolute Gasteiger partial charge is 0.336 e. The summed E-state index contributed by atoms with van der Waals surface area (Å²) < 4.78 is 17.9. The highest BCUT2D eigenvalue weighted by Gasteiger charge is 2.38. The number of ether oxygens (including phenoxy) is 3. The van der Waals surface area contributed by atoms with Crippen LogP contribution in [0.5, 0.6) is 0 Å². The fraction of sp³-hybridized carbons (Fsp3) is 0.344. The van der Waals surface area contributed by atoms with E-state index in [1.54, 1.807) is 18.2 Å². The number of hydrogen-bond acceptors (Lipinski definition) is 8. The van der Waals surface area contributed by atoms with Crippen LogP contribution in [0.25, 0.3) is 0 Å². The monoisotopic (exact) mass is 593 g/mol. The third-order valence-electron chi connectivity index (χ3n) is 7.07. The van der Waals surface area contributed by atoms with Gasteiger partial charge in [0.05, 0.1) is 24.4 Å². The first-order valence-electron chi connectivity index (χ1n) is 13.7. The second-order valence-corrected chi connectivity index (χ2v) is 11.2. The molecule has 0 spiro atoms. The Morgan fingerprint density at radius 1 is 0.952 bits per heavy atom. The van der Waals surface area contributed by atoms with Crippen LogP contribution in [0.15, 0.2) is 77.7 Å². The average Bonchev–Trinajstić information content (AvgIpc) is 2.99. The molecule has 3 N–H and O–H groups in total. The summed E-state index contributed by atoms with van der Waals surface area (Å²) in [5, 5.41) is 21.8. The van der Waals surface area contributed by atoms with E-state index in [9.17, 15) is 24.6 Å². The number of aliphatic hydroxyl groups is 1. The van der Waals surface area contributed by atoms with Gasteiger partial charge in [-0.1, -0.05) is 67.6 Å². The van der Waals surface area contributed by atoms with E-state index in [0.29, 0.717) is 10.6 Å². The zero-order chi connectivity index (χ0) is 30.2. The van der Waals surface area contributed by atoms with Crippen molar-refractivity contribution in [1.29, 1.82) is 0 Å². The lowest BCUT2D eigenvalue weighted by Crippen LogP contribution is -2.38. The van der Waals surface area contributed by atoms with Crippen LogP contribution in [0, 0.1) is 5.92 Å². The zero-order valence-corrected chi connectivity index (χ0v) is 24.5. The maximum Gasteiger partial charge on any atom is 0.336 e. The average molecular weight is 594 g/mol. The fourth-order valence-corrected chi connectivity index (χ4v) is 5.89. The first-order valence-corrected chi connectivity index (χ1v) is 14.6. The largest absolute Gasteiger partial charge is 0.478 e. The molecule has 3 aromatic rings. The summed E-state index contributed by atoms with van der Waals surface area (Å²) in [6, 6.07) is 22.0. The topological polar surface area (TPSA) is 131 Å². The molecular weight excluding hydrogens is 558 g/mol. The number of carbonyl (C=O) groups is 3. The molecule has 1 aliphatic heterocycles. The molecule has 4 rings (SSSR count). The van der Waals surface area contributed by atoms with Crippen LogP contribution in [0.4, 0.5) is 0 Å². The van der Waals surface area contributed by atoms with Gasteiger partial charge in [-0.25, -0.2) is 4.79 Å². The van der Waals surface area contributed by atoms with E-state index < -0.39 is 24.3 Å². The lowest BCUT2D eigenvalue weighted by Gasteiger charge is -2.41. The van der Waals surface area contributed by atoms with Crippen LogP contribution in [0.3, 0.4) is 0 Å². The van der Waals surface area contributed by atoms with E-state index in [1.165, 1.54) is 25.6 Å². The first-order chi connectivity index (χ1) is 20.2. The second kappa shape index (κ2) is 14.5. The minimum atomic E-state index is -0.976. The van der Waals surface area contributed by atoms with E-state index in [0.717, 1.165) is 22.3 Å². The highest BCUT2D eigenvalue weighted by Crippen LogP contribution is 2.43. The van der Waals surface area contributed by atoms with Gasteiger partial charge in [-0.15, -0.1) is 11.8 Å². The molecule has 222 valence electrons. The normalized spacial score (nSPS) is 20.9. The quantitative estimate of drug-likeness (QED) is 0.207. The maximum atomic E-state index is 12.2. The molecule has 3 aromatic carbocycles. The minimum absolute atomic E-state index is 0.0508. The third kappa shape index (κ3) is 7.98. The molecule has 0 aliphatic carbocycles. The van der Waals surface area contributed by atoms with Crippen LogP contribution in [-0.2, 0) is 37.0 Å². The molecule has 0 aromatic heterocycles. The molecule has 0 radical (unpaired) electrons. The Labute approximate surface area is 249 Å². The number of hydrogen-bond donors (Lipinski definition) is 3. The van der Waals surface area contributed by atoms with Gasteiger partial charge in [-0.05, 0) is 35.7 Å². The number of rotatable bonds is 11. The summed E-state index contributed by atoms with van der Waals surface area (Å²) in [5.74, 6) is -1.42. The molecule has 10 heteroatoms. The van der Waals surface area contributed by atoms with Crippen molar-refractivity contribution in [2.24, 2.45) is 5.92 Å². The lowest BCUT2D eigenvalue weighted by atomic mass is 9.91. The van der Waals surface area contributed by atoms with Crippen molar-refractivity contribution in [3.05, 3.63) is 101 Å². The maximum absolute atomic E-state index is 12.2. The molecule has 9 nitrogen and oxygen atoms in total. The summed E-state index contributed by atoms with van der Waals surface area (Å²) in [4.78, 5) is 35.7. The Bertz CT molecular complexity index is 1380. The predicted molar refractivity (Wildman–Crippen MR) is 157 cm³/mol. The summed E-state index contributed by atoms with van der Waals surface area (Å²) in [6.07, 6.45) is -2.14. The number of thioether (sulfide) groups is 1. The Morgan fingerprint density at radius 3 is 2.24 bits per heavy atom. The number of nitrogens with one attached hydrogen (secondary N) is 1. The molecule has 0 saturated carbocycles. The van der Waals surface area contributed by atoms with E-state index >= 15 is 0 Å². The van der Waals surface area contributed by atoms with Crippen molar-refractivity contribution in [3.8, 4) is 0 Å². The van der Waals surface area contributed by atoms with Gasteiger partial charge in [0.25, 0.3) is 5.91 Å². The van der Waals surface area contributed by atoms with Gasteiger partial charge >= 0.3 is 11.9 Å². The molecule has 1 amide bonds. The molecule has 1 saturated heterocycles. The Kier molecular flexibility index (Phi) is 10.8. The summed E-state index contributed by atoms with van der Waals surface area (Å²) in [6.45, 7) is 5.03. The van der Waals surface area contributed by atoms with E-state index in [1.807, 2.05) is 54.6 Å². The highest BCUT2D eigenvalue weighted by molar-refractivity contribution is 7.99. The van der Waals surface area contributed by atoms with Crippen LogP contribution in [0.1, 0.15) is 65.8 Å². The van der Waals surface area contributed by atoms with Crippen molar-refractivity contribution >= 4 is 29.6 Å². The number of carboxylic acids is 1. The molecule has 1 heterocycles. The zero-order valence-electron chi connectivity index (χ0n) is 23.7. The SMILES string of the molecule is CC(=O)OC(C)C(=O)NCc1ccc(C2OC(CSc3ccccc3C(=O)O)C(C)C(c3ccc(CO)cc3)O2)cc1. The van der Waals surface area contributed by atoms with Crippen LogP contribution in [-0.4, -0.2) is 46.0 Å². The van der Waals surface area contributed by atoms with Gasteiger partial charge in [-0.3, -0.25) is 9.59 Å². The predicted octanol–water partition coefficient (Wildman–Crippen LogP) is 5.03. The Morgan fingerprint density at radius 2 is 1.60 bits per heavy atom. The van der Waals surface area contributed by atoms with Crippen molar-refractivity contribution in [1.82, 2.24) is 5.32 Å². The van der Waals surface area contributed by atoms with Crippen LogP contribution >= 0.6 is 11.8 Å². The Hall–Kier alpha value is -3.70. The summed E-state index contributed by atoms with van der Waals surface area (Å²) >= 11 is 1.44. The number of carbonyl (C=O) groups excluding carboxylic acids is 2. The van der Waals surface area contributed by atoms with Gasteiger partial charge in [0, 0.05) is 35.6 Å². The van der Waals surface area contributed by atoms with Crippen LogP contribution in [0.2, 0.25) is 0 Å². The Balaban J connectivity index is 1.51. The van der Waals surface area contributed by atoms with E-state index in [2.05, 4.69) is 12.2 Å². The molecule has 0 bridgehead atoms. The molecular formula is C32H35NO8S. The summed E-state index contributed by atoms with van der Waals surface area (Å²) in [7, 11) is 0. The van der Waals surface area contributed by atoms with Crippen LogP contribution < -0.4 is 5.32 Å². The van der Waals surface area contributed by atoms with Gasteiger partial charge in [0.1, 0.15) is 0 Å². The highest BCUT2D eigenvalue weighted by atomic mass is 32.2. The van der Waals surface area contributed by atoms with E-state index in [4.69, 9.17) is 14.2 Å². The third-order valence-corrected chi connectivity index (χ3v) is 8.24. The van der Waals surface area contributed by atoms with Crippen molar-refractivity contribution in [3.63, 3.8) is 0 Å². The molecule has 42 heavy (non-hydrogen) atoms. The van der Waals surface area contributed by atoms with Crippen molar-refractivity contribution in [2.75, 3.05) is 5.75 Å². The van der Waals surface area contributed by atoms with E-state index in [-0.39, 0.29) is 42.7 Å². The molecule has 1 aliphatic rings. The number of benzene rings is 3. The number of esters is 1. The standard InChI is InChI=1S/C32H35NO8S/c1-19-27(18-42-28-7-5-4-6-26(28)31(37)38)40-32(41-29(19)24-12-10-23(17-34)11-13-24)25-14-8-22(9-15-25)16-33-30(36)20(2)39-21(3)35/h4-15,19-20,27,29,32,34H,16-18H2,1-3H3,(H,33,36)(H,37,38). The first kappa shape index (κ1) is 31.2. The summed E-state index contributed by atoms with van der Waals surface area (Å²) in [5.41, 5.74) is 3.65. The number of amides is 1. The van der Waals surface area contributed by atoms with Crippen molar-refractivity contribution in [2.45, 2.75) is 63.4 Å².